The van der Waals surface area contributed by atoms with E-state index in [0.29, 0.717) is 11.1 Å². The number of halogens is 2. The van der Waals surface area contributed by atoms with Crippen molar-refractivity contribution in [2.75, 3.05) is 0 Å². The van der Waals surface area contributed by atoms with E-state index in [2.05, 4.69) is 21.1 Å². The van der Waals surface area contributed by atoms with Gasteiger partial charge in [0.15, 0.2) is 0 Å². The summed E-state index contributed by atoms with van der Waals surface area (Å²) in [5.74, 6) is -1.54. The quantitative estimate of drug-likeness (QED) is 0.262. The third kappa shape index (κ3) is 7.13. The molecule has 0 bridgehead atoms. The van der Waals surface area contributed by atoms with E-state index < -0.39 is 28.1 Å². The first-order chi connectivity index (χ1) is 14.7. The van der Waals surface area contributed by atoms with E-state index in [1.807, 2.05) is 0 Å². The van der Waals surface area contributed by atoms with E-state index in [9.17, 15) is 29.8 Å². The monoisotopic (exact) mass is 466 g/mol. The average molecular weight is 467 g/mol. The maximum atomic E-state index is 11.7. The van der Waals surface area contributed by atoms with Gasteiger partial charge in [-0.1, -0.05) is 35.3 Å². The predicted octanol–water partition coefficient (Wildman–Crippen LogP) is 2.80. The number of nitrogens with one attached hydrogen (secondary N) is 2. The van der Waals surface area contributed by atoms with Crippen LogP contribution in [0, 0.1) is 20.2 Å². The first-order valence-corrected chi connectivity index (χ1v) is 8.94. The molecule has 0 aliphatic heterocycles. The molecule has 0 aromatic heterocycles. The van der Waals surface area contributed by atoms with E-state index in [4.69, 9.17) is 23.2 Å². The minimum absolute atomic E-state index is 0.0448. The summed E-state index contributed by atoms with van der Waals surface area (Å²) >= 11 is 11.4. The van der Waals surface area contributed by atoms with Crippen LogP contribution in [0.2, 0.25) is 10.0 Å². The number of hydrogen-bond donors (Lipinski definition) is 2. The Balaban J connectivity index is 1.86. The van der Waals surface area contributed by atoms with Crippen LogP contribution in [0.15, 0.2) is 46.6 Å². The summed E-state index contributed by atoms with van der Waals surface area (Å²) < 4.78 is 0. The molecule has 160 valence electrons. The zero-order valence-electron chi connectivity index (χ0n) is 15.3. The van der Waals surface area contributed by atoms with Crippen molar-refractivity contribution in [1.82, 2.24) is 10.9 Å². The van der Waals surface area contributed by atoms with Crippen LogP contribution in [0.1, 0.15) is 17.5 Å². The van der Waals surface area contributed by atoms with Gasteiger partial charge in [0.25, 0.3) is 11.4 Å². The molecule has 0 saturated carbocycles. The molecule has 0 spiro atoms. The number of carbonyl (C=O) groups excluding carboxylic acids is 2. The molecule has 2 aromatic carbocycles. The second kappa shape index (κ2) is 10.8. The largest absolute Gasteiger partial charge is 0.288 e. The second-order valence-electron chi connectivity index (χ2n) is 5.70. The molecule has 0 heterocycles. The van der Waals surface area contributed by atoms with Crippen molar-refractivity contribution in [3.63, 3.8) is 0 Å². The Labute approximate surface area is 183 Å². The molecule has 12 nitrogen and oxygen atoms in total. The summed E-state index contributed by atoms with van der Waals surface area (Å²) in [6, 6.07) is 7.86. The number of hydrogen-bond acceptors (Lipinski definition) is 8. The highest BCUT2D eigenvalue weighted by atomic mass is 35.5. The van der Waals surface area contributed by atoms with Crippen molar-refractivity contribution in [2.24, 2.45) is 10.2 Å². The van der Waals surface area contributed by atoms with Gasteiger partial charge in [-0.25, -0.2) is 10.9 Å². The molecule has 2 N–H and O–H groups in total. The van der Waals surface area contributed by atoms with Gasteiger partial charge in [-0.2, -0.15) is 10.2 Å². The van der Waals surface area contributed by atoms with Crippen molar-refractivity contribution in [1.29, 1.82) is 0 Å². The van der Waals surface area contributed by atoms with Crippen LogP contribution in [-0.4, -0.2) is 34.1 Å². The van der Waals surface area contributed by atoms with Gasteiger partial charge in [-0.15, -0.1) is 0 Å². The normalized spacial score (nSPS) is 10.9. The maximum absolute atomic E-state index is 11.7. The molecule has 0 saturated heterocycles. The van der Waals surface area contributed by atoms with Crippen molar-refractivity contribution in [3.05, 3.63) is 77.8 Å². The number of benzene rings is 2. The Bertz CT molecular complexity index is 1020. The van der Waals surface area contributed by atoms with Crippen LogP contribution >= 0.6 is 23.2 Å². The molecule has 0 atom stereocenters. The van der Waals surface area contributed by atoms with Crippen LogP contribution in [0.25, 0.3) is 0 Å². The van der Waals surface area contributed by atoms with Crippen LogP contribution in [0.3, 0.4) is 0 Å². The SMILES string of the molecule is O=C(CC(=O)N/N=C/c1ccc(Cl)c([N+](=O)[O-])c1)N/N=C/c1ccc(Cl)c([N+](=O)[O-])c1. The lowest BCUT2D eigenvalue weighted by atomic mass is 10.2. The summed E-state index contributed by atoms with van der Waals surface area (Å²) in [4.78, 5) is 43.8. The van der Waals surface area contributed by atoms with Gasteiger partial charge in [0.05, 0.1) is 22.3 Å². The number of nitro groups is 2. The molecule has 0 aliphatic rings. The fraction of sp³-hybridized carbons (Fsp3) is 0.0588. The van der Waals surface area contributed by atoms with E-state index in [0.717, 1.165) is 12.4 Å². The Hall–Kier alpha value is -3.90. The minimum atomic E-state index is -0.769. The maximum Gasteiger partial charge on any atom is 0.288 e. The van der Waals surface area contributed by atoms with Gasteiger partial charge in [0.1, 0.15) is 16.5 Å². The molecule has 0 radical (unpaired) electrons. The third-order valence-electron chi connectivity index (χ3n) is 3.46. The fourth-order valence-electron chi connectivity index (χ4n) is 2.08. The number of hydrazone groups is 2. The Kier molecular flexibility index (Phi) is 8.11. The number of nitrogens with zero attached hydrogens (tertiary/aromatic N) is 4. The number of carbonyl (C=O) groups is 2. The molecule has 0 unspecified atom stereocenters. The van der Waals surface area contributed by atoms with Gasteiger partial charge in [0.2, 0.25) is 11.8 Å². The molecular weight excluding hydrogens is 455 g/mol. The van der Waals surface area contributed by atoms with Crippen molar-refractivity contribution < 1.29 is 19.4 Å². The summed E-state index contributed by atoms with van der Waals surface area (Å²) in [5, 5.41) is 28.8. The number of amides is 2. The lowest BCUT2D eigenvalue weighted by Crippen LogP contribution is -2.27. The molecule has 0 fully saturated rings. The van der Waals surface area contributed by atoms with Crippen LogP contribution in [-0.2, 0) is 9.59 Å². The Morgan fingerprint density at radius 3 is 1.58 bits per heavy atom. The first kappa shape index (κ1) is 23.4. The number of rotatable bonds is 8. The highest BCUT2D eigenvalue weighted by molar-refractivity contribution is 6.33. The van der Waals surface area contributed by atoms with Gasteiger partial charge in [0, 0.05) is 23.3 Å². The van der Waals surface area contributed by atoms with E-state index in [1.165, 1.54) is 36.4 Å². The Morgan fingerprint density at radius 1 is 0.839 bits per heavy atom. The second-order valence-corrected chi connectivity index (χ2v) is 6.51. The molecule has 31 heavy (non-hydrogen) atoms. The fourth-order valence-corrected chi connectivity index (χ4v) is 2.46. The van der Waals surface area contributed by atoms with Crippen LogP contribution in [0.4, 0.5) is 11.4 Å². The van der Waals surface area contributed by atoms with Crippen LogP contribution < -0.4 is 10.9 Å². The standard InChI is InChI=1S/C17H12Cl2N6O6/c18-12-3-1-10(5-14(12)24(28)29)8-20-22-16(26)7-17(27)23-21-9-11-2-4-13(19)15(6-11)25(30)31/h1-6,8-9H,7H2,(H,22,26)(H,23,27)/b20-8+,21-9+. The summed E-state index contributed by atoms with van der Waals surface area (Å²) in [6.45, 7) is 0. The minimum Gasteiger partial charge on any atom is -0.273 e. The highest BCUT2D eigenvalue weighted by Gasteiger charge is 2.13. The van der Waals surface area contributed by atoms with Crippen molar-refractivity contribution in [2.45, 2.75) is 6.42 Å². The number of nitro benzene ring substituents is 2. The zero-order valence-corrected chi connectivity index (χ0v) is 16.8. The molecule has 2 rings (SSSR count). The van der Waals surface area contributed by atoms with E-state index in [1.54, 1.807) is 0 Å². The molecule has 0 aliphatic carbocycles. The van der Waals surface area contributed by atoms with E-state index >= 15 is 0 Å². The lowest BCUT2D eigenvalue weighted by Gasteiger charge is -2.00. The Morgan fingerprint density at radius 2 is 1.23 bits per heavy atom. The first-order valence-electron chi connectivity index (χ1n) is 8.19. The topological polar surface area (TPSA) is 169 Å². The summed E-state index contributed by atoms with van der Waals surface area (Å²) in [7, 11) is 0. The predicted molar refractivity (Wildman–Crippen MR) is 112 cm³/mol. The van der Waals surface area contributed by atoms with Gasteiger partial charge < -0.3 is 0 Å². The van der Waals surface area contributed by atoms with E-state index in [-0.39, 0.29) is 21.4 Å². The average Bonchev–Trinajstić information content (AvgIpc) is 2.70. The summed E-state index contributed by atoms with van der Waals surface area (Å²) in [6.07, 6.45) is 1.67. The zero-order chi connectivity index (χ0) is 23.0. The molecule has 14 heteroatoms. The highest BCUT2D eigenvalue weighted by Crippen LogP contribution is 2.25. The summed E-state index contributed by atoms with van der Waals surface area (Å²) in [5.41, 5.74) is 4.15. The smallest absolute Gasteiger partial charge is 0.273 e. The molecule has 2 amide bonds. The van der Waals surface area contributed by atoms with Crippen molar-refractivity contribution in [3.8, 4) is 0 Å². The third-order valence-corrected chi connectivity index (χ3v) is 4.10. The van der Waals surface area contributed by atoms with Crippen LogP contribution in [0.5, 0.6) is 0 Å². The van der Waals surface area contributed by atoms with Crippen molar-refractivity contribution >= 4 is 58.8 Å². The molecular formula is C17H12Cl2N6O6. The van der Waals surface area contributed by atoms with Gasteiger partial charge >= 0.3 is 0 Å². The van der Waals surface area contributed by atoms with Gasteiger partial charge in [-0.3, -0.25) is 29.8 Å². The lowest BCUT2D eigenvalue weighted by molar-refractivity contribution is -0.384. The van der Waals surface area contributed by atoms with Gasteiger partial charge in [-0.05, 0) is 12.1 Å². The molecule has 2 aromatic rings.